The molecule has 4 N–H and O–H groups in total. The van der Waals surface area contributed by atoms with Gasteiger partial charge in [-0.25, -0.2) is 0 Å². The van der Waals surface area contributed by atoms with E-state index in [0.717, 1.165) is 25.7 Å². The first-order chi connectivity index (χ1) is 10.6. The summed E-state index contributed by atoms with van der Waals surface area (Å²) in [5.41, 5.74) is 10.9. The number of aromatic nitrogens is 1. The maximum absolute atomic E-state index is 12.7. The fourth-order valence-electron chi connectivity index (χ4n) is 3.11. The normalized spacial score (nSPS) is 14.4. The molecule has 1 heterocycles. The Hall–Kier alpha value is -2.34. The number of fused-ring (bicyclic) bond motifs is 1. The molecule has 0 saturated heterocycles. The Kier molecular flexibility index (Phi) is 5.05. The zero-order valence-corrected chi connectivity index (χ0v) is 13.4. The summed E-state index contributed by atoms with van der Waals surface area (Å²) >= 11 is 0. The van der Waals surface area contributed by atoms with Crippen molar-refractivity contribution in [2.24, 2.45) is 16.5 Å². The molecule has 0 atom stereocenters. The number of nitrogens with zero attached hydrogens (tertiary/aromatic N) is 2. The molecule has 0 bridgehead atoms. The molecule has 1 saturated carbocycles. The first kappa shape index (κ1) is 17.0. The minimum Gasteiger partial charge on any atom is -0.370 e. The zero-order valence-electron chi connectivity index (χ0n) is 12.6. The lowest BCUT2D eigenvalue weighted by Gasteiger charge is -2.16. The predicted octanol–water partition coefficient (Wildman–Crippen LogP) is 1.95. The molecule has 23 heavy (non-hydrogen) atoms. The topological polar surface area (TPSA) is 103 Å². The third-order valence-electron chi connectivity index (χ3n) is 4.13. The molecule has 122 valence electrons. The summed E-state index contributed by atoms with van der Waals surface area (Å²) in [4.78, 5) is 28.6. The summed E-state index contributed by atoms with van der Waals surface area (Å²) in [6, 6.07) is 7.19. The number of pyridine rings is 1. The van der Waals surface area contributed by atoms with Crippen molar-refractivity contribution >= 4 is 35.0 Å². The van der Waals surface area contributed by atoms with Crippen LogP contribution < -0.4 is 17.0 Å². The van der Waals surface area contributed by atoms with Crippen LogP contribution in [0, 0.1) is 0 Å². The van der Waals surface area contributed by atoms with E-state index in [0.29, 0.717) is 16.3 Å². The van der Waals surface area contributed by atoms with Gasteiger partial charge in [0.25, 0.3) is 11.5 Å². The smallest absolute Gasteiger partial charge is 0.282 e. The Morgan fingerprint density at radius 2 is 1.74 bits per heavy atom. The molecule has 2 aromatic rings. The Balaban J connectivity index is 0.00000192. The maximum atomic E-state index is 12.7. The highest BCUT2D eigenvalue weighted by molar-refractivity contribution is 6.10. The van der Waals surface area contributed by atoms with Gasteiger partial charge >= 0.3 is 0 Å². The molecule has 1 aromatic carbocycles. The quantitative estimate of drug-likeness (QED) is 0.647. The number of halogens is 1. The lowest BCUT2D eigenvalue weighted by molar-refractivity contribution is 0.100. The molecule has 3 rings (SSSR count). The number of aliphatic imine (C=N–C) groups is 1. The molecule has 1 aromatic heterocycles. The van der Waals surface area contributed by atoms with Crippen LogP contribution in [0.25, 0.3) is 10.8 Å². The van der Waals surface area contributed by atoms with Crippen molar-refractivity contribution in [2.45, 2.75) is 31.7 Å². The van der Waals surface area contributed by atoms with E-state index in [9.17, 15) is 9.59 Å². The van der Waals surface area contributed by atoms with Gasteiger partial charge in [-0.15, -0.1) is 12.4 Å². The molecule has 0 spiro atoms. The monoisotopic (exact) mass is 334 g/mol. The summed E-state index contributed by atoms with van der Waals surface area (Å²) in [5, 5.41) is 1.10. The molecule has 0 radical (unpaired) electrons. The van der Waals surface area contributed by atoms with Crippen molar-refractivity contribution in [1.82, 2.24) is 4.57 Å². The lowest BCUT2D eigenvalue weighted by atomic mass is 10.1. The number of carbonyl (C=O) groups excluding carboxylic acids is 1. The van der Waals surface area contributed by atoms with Crippen LogP contribution in [-0.2, 0) is 0 Å². The van der Waals surface area contributed by atoms with Gasteiger partial charge in [0, 0.05) is 23.0 Å². The van der Waals surface area contributed by atoms with Crippen LogP contribution in [0.15, 0.2) is 40.2 Å². The van der Waals surface area contributed by atoms with Crippen LogP contribution in [-0.4, -0.2) is 16.4 Å². The predicted molar refractivity (Wildman–Crippen MR) is 93.1 cm³/mol. The molecule has 6 nitrogen and oxygen atoms in total. The second kappa shape index (κ2) is 6.83. The van der Waals surface area contributed by atoms with Crippen LogP contribution >= 0.6 is 12.4 Å². The fourth-order valence-corrected chi connectivity index (χ4v) is 3.11. The Labute approximate surface area is 139 Å². The number of hydrogen-bond donors (Lipinski definition) is 2. The maximum Gasteiger partial charge on any atom is 0.282 e. The van der Waals surface area contributed by atoms with Crippen molar-refractivity contribution in [2.75, 3.05) is 0 Å². The Morgan fingerprint density at radius 3 is 2.35 bits per heavy atom. The van der Waals surface area contributed by atoms with Crippen LogP contribution in [0.2, 0.25) is 0 Å². The fraction of sp³-hybridized carbons (Fsp3) is 0.312. The van der Waals surface area contributed by atoms with Gasteiger partial charge < -0.3 is 16.0 Å². The van der Waals surface area contributed by atoms with Crippen molar-refractivity contribution in [3.8, 4) is 0 Å². The molecular formula is C16H19ClN4O2. The largest absolute Gasteiger partial charge is 0.370 e. The lowest BCUT2D eigenvalue weighted by Crippen LogP contribution is -2.26. The minimum absolute atomic E-state index is 0. The van der Waals surface area contributed by atoms with Gasteiger partial charge in [-0.1, -0.05) is 31.0 Å². The summed E-state index contributed by atoms with van der Waals surface area (Å²) in [6.45, 7) is 0. The van der Waals surface area contributed by atoms with Gasteiger partial charge in [0.2, 0.25) is 0 Å². The molecule has 1 aliphatic rings. The van der Waals surface area contributed by atoms with Crippen LogP contribution in [0.1, 0.15) is 42.1 Å². The molecule has 7 heteroatoms. The van der Waals surface area contributed by atoms with Crippen LogP contribution in [0.5, 0.6) is 0 Å². The van der Waals surface area contributed by atoms with E-state index in [1.807, 2.05) is 0 Å². The van der Waals surface area contributed by atoms with Crippen LogP contribution in [0.4, 0.5) is 0 Å². The van der Waals surface area contributed by atoms with E-state index in [2.05, 4.69) is 4.99 Å². The highest BCUT2D eigenvalue weighted by atomic mass is 35.5. The summed E-state index contributed by atoms with van der Waals surface area (Å²) < 4.78 is 1.67. The third kappa shape index (κ3) is 3.22. The number of carbonyl (C=O) groups is 1. The highest BCUT2D eigenvalue weighted by Crippen LogP contribution is 2.29. The molecule has 1 fully saturated rings. The minimum atomic E-state index is -0.525. The van der Waals surface area contributed by atoms with E-state index < -0.39 is 5.91 Å². The first-order valence-electron chi connectivity index (χ1n) is 7.36. The van der Waals surface area contributed by atoms with Crippen molar-refractivity contribution in [3.63, 3.8) is 0 Å². The number of guanidine groups is 1. The number of hydrogen-bond acceptors (Lipinski definition) is 2. The molecule has 0 unspecified atom stereocenters. The molecule has 0 aliphatic heterocycles. The Morgan fingerprint density at radius 1 is 1.13 bits per heavy atom. The van der Waals surface area contributed by atoms with Gasteiger partial charge in [0.05, 0.1) is 5.56 Å². The average Bonchev–Trinajstić information content (AvgIpc) is 3.01. The summed E-state index contributed by atoms with van der Waals surface area (Å²) in [5.74, 6) is -0.810. The van der Waals surface area contributed by atoms with Crippen molar-refractivity contribution in [3.05, 3.63) is 46.4 Å². The van der Waals surface area contributed by atoms with E-state index in [1.165, 1.54) is 0 Å². The van der Waals surface area contributed by atoms with Crippen LogP contribution in [0.3, 0.4) is 0 Å². The molecule has 1 aliphatic carbocycles. The number of amides is 1. The van der Waals surface area contributed by atoms with Gasteiger partial charge in [0.15, 0.2) is 5.96 Å². The van der Waals surface area contributed by atoms with Crippen molar-refractivity contribution < 1.29 is 4.79 Å². The average molecular weight is 335 g/mol. The first-order valence-corrected chi connectivity index (χ1v) is 7.36. The van der Waals surface area contributed by atoms with Crippen molar-refractivity contribution in [1.29, 1.82) is 0 Å². The number of nitrogens with two attached hydrogens (primary N) is 2. The second-order valence-corrected chi connectivity index (χ2v) is 5.58. The number of rotatable bonds is 2. The van der Waals surface area contributed by atoms with Gasteiger partial charge in [-0.2, -0.15) is 4.99 Å². The second-order valence-electron chi connectivity index (χ2n) is 5.58. The molecular weight excluding hydrogens is 316 g/mol. The van der Waals surface area contributed by atoms with E-state index in [1.54, 1.807) is 35.0 Å². The molecule has 1 amide bonds. The zero-order chi connectivity index (χ0) is 15.7. The Bertz CT molecular complexity index is 818. The van der Waals surface area contributed by atoms with E-state index in [4.69, 9.17) is 11.5 Å². The SMILES string of the molecule is Cl.NC(N)=NC(=O)c1cn(C2CCCC2)c(=O)c2ccccc12. The van der Waals surface area contributed by atoms with Gasteiger partial charge in [0.1, 0.15) is 0 Å². The third-order valence-corrected chi connectivity index (χ3v) is 4.13. The standard InChI is InChI=1S/C16H18N4O2.ClH/c17-16(18)19-14(21)13-9-20(10-5-1-2-6-10)15(22)12-8-4-3-7-11(12)13;/h3-4,7-10H,1-2,5-6H2,(H4,17,18,19,21);1H. The van der Waals surface area contributed by atoms with Gasteiger partial charge in [-0.05, 0) is 18.9 Å². The summed E-state index contributed by atoms with van der Waals surface area (Å²) in [7, 11) is 0. The highest BCUT2D eigenvalue weighted by Gasteiger charge is 2.21. The number of benzene rings is 1. The van der Waals surface area contributed by atoms with Gasteiger partial charge in [-0.3, -0.25) is 9.59 Å². The summed E-state index contributed by atoms with van der Waals surface area (Å²) in [6.07, 6.45) is 5.71. The van der Waals surface area contributed by atoms with E-state index >= 15 is 0 Å². The van der Waals surface area contributed by atoms with E-state index in [-0.39, 0.29) is 30.0 Å².